The molecule has 1 N–H and O–H groups in total. The van der Waals surface area contributed by atoms with Crippen LogP contribution < -0.4 is 5.32 Å². The number of rotatable bonds is 5. The summed E-state index contributed by atoms with van der Waals surface area (Å²) in [6.07, 6.45) is 6.97. The summed E-state index contributed by atoms with van der Waals surface area (Å²) < 4.78 is 5.40. The highest BCUT2D eigenvalue weighted by molar-refractivity contribution is 14.0. The number of nitrogens with one attached hydrogen (secondary N) is 1. The molecule has 0 radical (unpaired) electrons. The maximum absolute atomic E-state index is 12.0. The van der Waals surface area contributed by atoms with Crippen molar-refractivity contribution in [3.63, 3.8) is 0 Å². The Balaban J connectivity index is 0.00000243. The molecular formula is C19H31IN4O2. The van der Waals surface area contributed by atoms with Crippen LogP contribution in [0.4, 0.5) is 0 Å². The molecule has 2 fully saturated rings. The lowest BCUT2D eigenvalue weighted by Crippen LogP contribution is -2.46. The van der Waals surface area contributed by atoms with Crippen LogP contribution in [0.2, 0.25) is 0 Å². The Morgan fingerprint density at radius 1 is 1.31 bits per heavy atom. The van der Waals surface area contributed by atoms with Crippen molar-refractivity contribution in [2.75, 3.05) is 27.7 Å². The summed E-state index contributed by atoms with van der Waals surface area (Å²) in [5, 5.41) is 3.65. The molecule has 2 saturated carbocycles. The van der Waals surface area contributed by atoms with E-state index in [1.807, 2.05) is 20.0 Å². The van der Waals surface area contributed by atoms with Gasteiger partial charge in [-0.15, -0.1) is 24.0 Å². The smallest absolute Gasteiger partial charge is 0.243 e. The van der Waals surface area contributed by atoms with Crippen molar-refractivity contribution in [3.8, 4) is 0 Å². The van der Waals surface area contributed by atoms with Crippen LogP contribution in [0.25, 0.3) is 0 Å². The van der Waals surface area contributed by atoms with Crippen LogP contribution in [-0.4, -0.2) is 55.4 Å². The fourth-order valence-corrected chi connectivity index (χ4v) is 4.05. The Morgan fingerprint density at radius 3 is 2.62 bits per heavy atom. The van der Waals surface area contributed by atoms with E-state index in [-0.39, 0.29) is 36.4 Å². The van der Waals surface area contributed by atoms with Gasteiger partial charge in [0.15, 0.2) is 5.96 Å². The quantitative estimate of drug-likeness (QED) is 0.405. The van der Waals surface area contributed by atoms with Crippen LogP contribution in [0.15, 0.2) is 21.7 Å². The van der Waals surface area contributed by atoms with Crippen LogP contribution in [0.5, 0.6) is 0 Å². The summed E-state index contributed by atoms with van der Waals surface area (Å²) in [5.74, 6) is 3.38. The van der Waals surface area contributed by atoms with Crippen molar-refractivity contribution >= 4 is 35.8 Å². The average molecular weight is 474 g/mol. The second-order valence-corrected chi connectivity index (χ2v) is 7.71. The number of fused-ring (bicyclic) bond motifs is 2. The van der Waals surface area contributed by atoms with Crippen LogP contribution in [0, 0.1) is 18.8 Å². The third kappa shape index (κ3) is 4.92. The fraction of sp³-hybridized carbons (Fsp3) is 0.684. The molecule has 2 aliphatic carbocycles. The number of nitrogens with zero attached hydrogens (tertiary/aromatic N) is 3. The minimum atomic E-state index is 0. The van der Waals surface area contributed by atoms with E-state index in [9.17, 15) is 4.79 Å². The summed E-state index contributed by atoms with van der Waals surface area (Å²) in [7, 11) is 5.55. The van der Waals surface area contributed by atoms with E-state index in [0.717, 1.165) is 29.1 Å². The number of guanidine groups is 1. The number of furan rings is 1. The van der Waals surface area contributed by atoms with Gasteiger partial charge < -0.3 is 19.5 Å². The van der Waals surface area contributed by atoms with Gasteiger partial charge >= 0.3 is 0 Å². The number of hydrogen-bond acceptors (Lipinski definition) is 3. The summed E-state index contributed by atoms with van der Waals surface area (Å²) in [5.41, 5.74) is 1.14. The predicted molar refractivity (Wildman–Crippen MR) is 114 cm³/mol. The molecule has 0 aliphatic heterocycles. The van der Waals surface area contributed by atoms with Crippen molar-refractivity contribution in [1.82, 2.24) is 15.1 Å². The number of halogens is 1. The fourth-order valence-electron chi connectivity index (χ4n) is 4.05. The SMILES string of the molecule is Cc1occc1CN(C)C(=NCC(=O)N(C)C)NC1CC2CCC1C2.I. The van der Waals surface area contributed by atoms with Gasteiger partial charge in [-0.25, -0.2) is 4.99 Å². The first-order valence-corrected chi connectivity index (χ1v) is 9.19. The van der Waals surface area contributed by atoms with E-state index in [0.29, 0.717) is 12.6 Å². The highest BCUT2D eigenvalue weighted by Gasteiger charge is 2.40. The molecule has 3 rings (SSSR count). The lowest BCUT2D eigenvalue weighted by atomic mass is 9.95. The molecule has 1 aromatic rings. The monoisotopic (exact) mass is 474 g/mol. The van der Waals surface area contributed by atoms with E-state index < -0.39 is 0 Å². The predicted octanol–water partition coefficient (Wildman–Crippen LogP) is 2.86. The van der Waals surface area contributed by atoms with Gasteiger partial charge in [0.2, 0.25) is 5.91 Å². The second-order valence-electron chi connectivity index (χ2n) is 7.71. The molecule has 7 heteroatoms. The van der Waals surface area contributed by atoms with Crippen molar-refractivity contribution in [2.45, 2.75) is 45.2 Å². The molecule has 2 aliphatic rings. The molecule has 6 nitrogen and oxygen atoms in total. The zero-order valence-corrected chi connectivity index (χ0v) is 18.5. The van der Waals surface area contributed by atoms with Gasteiger partial charge in [0.25, 0.3) is 0 Å². The third-order valence-corrected chi connectivity index (χ3v) is 5.65. The number of carbonyl (C=O) groups is 1. The Hall–Kier alpha value is -1.25. The second kappa shape index (κ2) is 9.10. The highest BCUT2D eigenvalue weighted by Crippen LogP contribution is 2.44. The summed E-state index contributed by atoms with van der Waals surface area (Å²) in [6.45, 7) is 2.86. The van der Waals surface area contributed by atoms with Crippen molar-refractivity contribution < 1.29 is 9.21 Å². The molecule has 1 amide bonds. The van der Waals surface area contributed by atoms with E-state index in [4.69, 9.17) is 4.42 Å². The van der Waals surface area contributed by atoms with E-state index >= 15 is 0 Å². The van der Waals surface area contributed by atoms with Gasteiger partial charge in [0.05, 0.1) is 6.26 Å². The Labute approximate surface area is 173 Å². The van der Waals surface area contributed by atoms with E-state index in [1.54, 1.807) is 25.3 Å². The number of likely N-dealkylation sites (N-methyl/N-ethyl adjacent to an activating group) is 1. The van der Waals surface area contributed by atoms with Crippen molar-refractivity contribution in [3.05, 3.63) is 23.7 Å². The zero-order chi connectivity index (χ0) is 18.0. The number of amides is 1. The molecule has 2 bridgehead atoms. The lowest BCUT2D eigenvalue weighted by Gasteiger charge is -2.29. The number of aliphatic imine (C=N–C) groups is 1. The molecule has 26 heavy (non-hydrogen) atoms. The van der Waals surface area contributed by atoms with Crippen molar-refractivity contribution in [1.29, 1.82) is 0 Å². The van der Waals surface area contributed by atoms with E-state index in [2.05, 4.69) is 15.2 Å². The largest absolute Gasteiger partial charge is 0.469 e. The van der Waals surface area contributed by atoms with Gasteiger partial charge in [-0.2, -0.15) is 0 Å². The van der Waals surface area contributed by atoms with Gasteiger partial charge in [0.1, 0.15) is 12.3 Å². The molecule has 0 spiro atoms. The van der Waals surface area contributed by atoms with Crippen molar-refractivity contribution in [2.24, 2.45) is 16.8 Å². The standard InChI is InChI=1S/C19H30N4O2.HI/c1-13-16(7-8-25-13)12-23(4)19(20-11-18(24)22(2)3)21-17-10-14-5-6-15(17)9-14;/h7-8,14-15,17H,5-6,9-12H2,1-4H3,(H,20,21);1H. The number of hydrogen-bond donors (Lipinski definition) is 1. The Morgan fingerprint density at radius 2 is 2.08 bits per heavy atom. The maximum Gasteiger partial charge on any atom is 0.243 e. The van der Waals surface area contributed by atoms with Gasteiger partial charge in [0, 0.05) is 39.3 Å². The molecule has 1 aromatic heterocycles. The minimum absolute atomic E-state index is 0. The highest BCUT2D eigenvalue weighted by atomic mass is 127. The van der Waals surface area contributed by atoms with Gasteiger partial charge in [-0.1, -0.05) is 6.42 Å². The first kappa shape index (κ1) is 21.1. The molecule has 3 atom stereocenters. The lowest BCUT2D eigenvalue weighted by molar-refractivity contribution is -0.127. The number of aryl methyl sites for hydroxylation is 1. The summed E-state index contributed by atoms with van der Waals surface area (Å²) in [4.78, 5) is 20.2. The summed E-state index contributed by atoms with van der Waals surface area (Å²) >= 11 is 0. The van der Waals surface area contributed by atoms with Crippen LogP contribution in [0.1, 0.15) is 37.0 Å². The summed E-state index contributed by atoms with van der Waals surface area (Å²) in [6, 6.07) is 2.48. The minimum Gasteiger partial charge on any atom is -0.469 e. The maximum atomic E-state index is 12.0. The molecule has 0 saturated heterocycles. The van der Waals surface area contributed by atoms with Crippen LogP contribution in [-0.2, 0) is 11.3 Å². The first-order valence-electron chi connectivity index (χ1n) is 9.19. The van der Waals surface area contributed by atoms with Crippen LogP contribution >= 0.6 is 24.0 Å². The zero-order valence-electron chi connectivity index (χ0n) is 16.2. The van der Waals surface area contributed by atoms with E-state index in [1.165, 1.54) is 25.7 Å². The third-order valence-electron chi connectivity index (χ3n) is 5.65. The number of carbonyl (C=O) groups excluding carboxylic acids is 1. The average Bonchev–Trinajstić information content (AvgIpc) is 3.28. The normalized spacial score (nSPS) is 24.3. The first-order chi connectivity index (χ1) is 11.9. The van der Waals surface area contributed by atoms with Gasteiger partial charge in [-0.05, 0) is 44.1 Å². The molecule has 0 aromatic carbocycles. The molecular weight excluding hydrogens is 443 g/mol. The Bertz CT molecular complexity index is 643. The molecule has 146 valence electrons. The molecule has 1 heterocycles. The topological polar surface area (TPSA) is 61.1 Å². The van der Waals surface area contributed by atoms with Gasteiger partial charge in [-0.3, -0.25) is 4.79 Å². The Kier molecular flexibility index (Phi) is 7.37. The van der Waals surface area contributed by atoms with Crippen LogP contribution in [0.3, 0.4) is 0 Å². The molecule has 3 unspecified atom stereocenters.